The summed E-state index contributed by atoms with van der Waals surface area (Å²) < 4.78 is 27.8. The summed E-state index contributed by atoms with van der Waals surface area (Å²) in [6.07, 6.45) is 2.37. The molecule has 0 bridgehead atoms. The zero-order valence-corrected chi connectivity index (χ0v) is 24.4. The molecular weight excluding hydrogens is 524 g/mol. The highest BCUT2D eigenvalue weighted by atomic mass is 32.2. The first-order chi connectivity index (χ1) is 17.8. The standard InChI is InChI=1S/C23H26F2S.C7H7NO3S/c1-7-15(2)26-22(20-13-12-19(24)14-21(20)25)16(3)17-8-10-18(11-9-17)23(4,5)6;1-2-5(9)6-3-4-7(12-6)8(10)11/h7-14H,1-6H3;3-4H,2H2,1H3/b15-7-,22-16+;. The topological polar surface area (TPSA) is 60.2 Å². The summed E-state index contributed by atoms with van der Waals surface area (Å²) in [5.74, 6) is -1.15. The van der Waals surface area contributed by atoms with E-state index < -0.39 is 16.6 Å². The average Bonchev–Trinajstić information content (AvgIpc) is 3.37. The van der Waals surface area contributed by atoms with Crippen LogP contribution in [-0.4, -0.2) is 10.7 Å². The van der Waals surface area contributed by atoms with Crippen molar-refractivity contribution in [3.05, 3.63) is 109 Å². The number of benzene rings is 2. The zero-order chi connectivity index (χ0) is 28.6. The van der Waals surface area contributed by atoms with Gasteiger partial charge in [-0.15, -0.1) is 0 Å². The lowest BCUT2D eigenvalue weighted by atomic mass is 9.86. The van der Waals surface area contributed by atoms with E-state index in [0.29, 0.717) is 16.9 Å². The fourth-order valence-corrected chi connectivity index (χ4v) is 5.14. The molecule has 1 heterocycles. The molecule has 8 heteroatoms. The van der Waals surface area contributed by atoms with Gasteiger partial charge in [-0.25, -0.2) is 8.78 Å². The highest BCUT2D eigenvalue weighted by Gasteiger charge is 2.17. The number of hydrogen-bond donors (Lipinski definition) is 0. The van der Waals surface area contributed by atoms with Gasteiger partial charge in [-0.1, -0.05) is 81.1 Å². The molecule has 202 valence electrons. The van der Waals surface area contributed by atoms with Gasteiger partial charge < -0.3 is 0 Å². The van der Waals surface area contributed by atoms with Crippen LogP contribution in [0.2, 0.25) is 0 Å². The molecule has 1 aromatic heterocycles. The molecule has 0 unspecified atom stereocenters. The first kappa shape index (κ1) is 31.1. The summed E-state index contributed by atoms with van der Waals surface area (Å²) in [6, 6.07) is 15.0. The number of carbonyl (C=O) groups excluding carboxylic acids is 1. The van der Waals surface area contributed by atoms with E-state index in [0.717, 1.165) is 38.3 Å². The van der Waals surface area contributed by atoms with Gasteiger partial charge in [0.25, 0.3) is 0 Å². The van der Waals surface area contributed by atoms with E-state index in [2.05, 4.69) is 45.0 Å². The number of nitro groups is 1. The Kier molecular flexibility index (Phi) is 11.2. The molecule has 0 atom stereocenters. The summed E-state index contributed by atoms with van der Waals surface area (Å²) in [6.45, 7) is 14.2. The Hall–Kier alpha value is -3.10. The second kappa shape index (κ2) is 13.6. The maximum atomic E-state index is 14.4. The van der Waals surface area contributed by atoms with Crippen molar-refractivity contribution in [3.8, 4) is 0 Å². The Balaban J connectivity index is 0.000000352. The second-order valence-electron chi connectivity index (χ2n) is 9.58. The molecule has 0 radical (unpaired) electrons. The number of ketones is 1. The molecule has 0 N–H and O–H groups in total. The highest BCUT2D eigenvalue weighted by Crippen LogP contribution is 2.40. The van der Waals surface area contributed by atoms with Gasteiger partial charge in [0.1, 0.15) is 11.6 Å². The predicted octanol–water partition coefficient (Wildman–Crippen LogP) is 10.1. The van der Waals surface area contributed by atoms with Crippen molar-refractivity contribution < 1.29 is 18.5 Å². The lowest BCUT2D eigenvalue weighted by Gasteiger charge is -2.20. The van der Waals surface area contributed by atoms with Crippen molar-refractivity contribution in [2.24, 2.45) is 0 Å². The SMILES string of the molecule is C/C=C(/C)S/C(=C(\C)c1ccc(C(C)(C)C)cc1)c1ccc(F)cc1F.CCC(=O)c1ccc([N+](=O)[O-])s1. The molecule has 0 aliphatic rings. The summed E-state index contributed by atoms with van der Waals surface area (Å²) in [5.41, 5.74) is 3.77. The van der Waals surface area contributed by atoms with Crippen LogP contribution in [0.4, 0.5) is 13.8 Å². The van der Waals surface area contributed by atoms with Crippen LogP contribution >= 0.6 is 23.1 Å². The predicted molar refractivity (Wildman–Crippen MR) is 157 cm³/mol. The molecule has 3 rings (SSSR count). The number of thioether (sulfide) groups is 1. The van der Waals surface area contributed by atoms with Crippen LogP contribution in [0.15, 0.2) is 65.6 Å². The quantitative estimate of drug-likeness (QED) is 0.125. The van der Waals surface area contributed by atoms with E-state index in [1.807, 2.05) is 26.8 Å². The largest absolute Gasteiger partial charge is 0.324 e. The van der Waals surface area contributed by atoms with Gasteiger partial charge >= 0.3 is 5.00 Å². The number of thiophene rings is 1. The van der Waals surface area contributed by atoms with E-state index in [-0.39, 0.29) is 16.2 Å². The van der Waals surface area contributed by atoms with Gasteiger partial charge in [0, 0.05) is 29.0 Å². The first-order valence-corrected chi connectivity index (χ1v) is 13.8. The minimum Gasteiger partial charge on any atom is -0.293 e. The van der Waals surface area contributed by atoms with Gasteiger partial charge in [-0.3, -0.25) is 14.9 Å². The third-order valence-corrected chi connectivity index (χ3v) is 8.10. The molecule has 2 aromatic carbocycles. The lowest BCUT2D eigenvalue weighted by molar-refractivity contribution is -0.380. The van der Waals surface area contributed by atoms with Crippen LogP contribution in [0.1, 0.15) is 81.2 Å². The third kappa shape index (κ3) is 8.46. The molecule has 4 nitrogen and oxygen atoms in total. The molecule has 38 heavy (non-hydrogen) atoms. The van der Waals surface area contributed by atoms with E-state index in [1.165, 1.54) is 41.6 Å². The summed E-state index contributed by atoms with van der Waals surface area (Å²) in [7, 11) is 0. The first-order valence-electron chi connectivity index (χ1n) is 12.1. The monoisotopic (exact) mass is 557 g/mol. The van der Waals surface area contributed by atoms with Gasteiger partial charge in [-0.05, 0) is 66.0 Å². The van der Waals surface area contributed by atoms with Crippen LogP contribution in [-0.2, 0) is 5.41 Å². The summed E-state index contributed by atoms with van der Waals surface area (Å²) in [5, 5.41) is 10.3. The van der Waals surface area contributed by atoms with Gasteiger partial charge in [0.05, 0.1) is 9.80 Å². The molecule has 0 aliphatic heterocycles. The van der Waals surface area contributed by atoms with Crippen LogP contribution < -0.4 is 0 Å². The molecule has 0 saturated heterocycles. The molecular formula is C30H33F2NO3S2. The maximum absolute atomic E-state index is 14.4. The Morgan fingerprint density at radius 1 is 1.05 bits per heavy atom. The van der Waals surface area contributed by atoms with Crippen LogP contribution in [0.3, 0.4) is 0 Å². The minimum atomic E-state index is -0.564. The maximum Gasteiger partial charge on any atom is 0.324 e. The number of rotatable bonds is 7. The van der Waals surface area contributed by atoms with Crippen molar-refractivity contribution >= 4 is 44.4 Å². The van der Waals surface area contributed by atoms with E-state index in [9.17, 15) is 23.7 Å². The number of hydrogen-bond acceptors (Lipinski definition) is 5. The van der Waals surface area contributed by atoms with Crippen molar-refractivity contribution in [1.82, 2.24) is 0 Å². The minimum absolute atomic E-state index is 0.0202. The van der Waals surface area contributed by atoms with E-state index >= 15 is 0 Å². The summed E-state index contributed by atoms with van der Waals surface area (Å²) in [4.78, 5) is 23.1. The van der Waals surface area contributed by atoms with Gasteiger partial charge in [0.15, 0.2) is 5.78 Å². The van der Waals surface area contributed by atoms with E-state index in [1.54, 1.807) is 6.92 Å². The smallest absolute Gasteiger partial charge is 0.293 e. The fraction of sp³-hybridized carbons (Fsp3) is 0.300. The second-order valence-corrected chi connectivity index (χ2v) is 11.9. The fourth-order valence-electron chi connectivity index (χ4n) is 3.33. The van der Waals surface area contributed by atoms with Crippen molar-refractivity contribution in [1.29, 1.82) is 0 Å². The van der Waals surface area contributed by atoms with Gasteiger partial charge in [0.2, 0.25) is 0 Å². The van der Waals surface area contributed by atoms with Crippen LogP contribution in [0.25, 0.3) is 10.5 Å². The van der Waals surface area contributed by atoms with Crippen molar-refractivity contribution in [2.45, 2.75) is 60.3 Å². The zero-order valence-electron chi connectivity index (χ0n) is 22.7. The molecule has 0 fully saturated rings. The van der Waals surface area contributed by atoms with E-state index in [4.69, 9.17) is 0 Å². The molecule has 0 spiro atoms. The molecule has 0 amide bonds. The Labute approximate surface area is 231 Å². The number of nitrogens with zero attached hydrogens (tertiary/aromatic N) is 1. The number of Topliss-reactive ketones (excluding diaryl/α,β-unsaturated/α-hetero) is 1. The third-order valence-electron chi connectivity index (χ3n) is 5.74. The van der Waals surface area contributed by atoms with Crippen molar-refractivity contribution in [3.63, 3.8) is 0 Å². The molecule has 0 saturated carbocycles. The van der Waals surface area contributed by atoms with Crippen LogP contribution in [0, 0.1) is 21.7 Å². The Morgan fingerprint density at radius 2 is 1.68 bits per heavy atom. The number of carbonyl (C=O) groups is 1. The average molecular weight is 558 g/mol. The Morgan fingerprint density at radius 3 is 2.16 bits per heavy atom. The summed E-state index contributed by atoms with van der Waals surface area (Å²) >= 11 is 2.43. The number of halogens is 2. The highest BCUT2D eigenvalue weighted by molar-refractivity contribution is 8.12. The normalized spacial score (nSPS) is 12.4. The van der Waals surface area contributed by atoms with Crippen molar-refractivity contribution in [2.75, 3.05) is 0 Å². The molecule has 0 aliphatic carbocycles. The number of allylic oxidation sites excluding steroid dienone is 3. The lowest BCUT2D eigenvalue weighted by Crippen LogP contribution is -2.10. The Bertz CT molecular complexity index is 1350. The van der Waals surface area contributed by atoms with Crippen LogP contribution in [0.5, 0.6) is 0 Å². The molecule has 3 aromatic rings. The van der Waals surface area contributed by atoms with Gasteiger partial charge in [-0.2, -0.15) is 0 Å².